The quantitative estimate of drug-likeness (QED) is 0.615. The van der Waals surface area contributed by atoms with E-state index >= 15 is 0 Å². The average Bonchev–Trinajstić information content (AvgIpc) is 3.35. The maximum absolute atomic E-state index is 12.6. The van der Waals surface area contributed by atoms with Crippen LogP contribution in [0.5, 0.6) is 5.75 Å². The highest BCUT2D eigenvalue weighted by Gasteiger charge is 2.18. The van der Waals surface area contributed by atoms with E-state index in [4.69, 9.17) is 4.74 Å². The molecule has 0 bridgehead atoms. The lowest BCUT2D eigenvalue weighted by Crippen LogP contribution is -2.19. The monoisotopic (exact) mass is 407 g/mol. The van der Waals surface area contributed by atoms with Crippen molar-refractivity contribution in [3.05, 3.63) is 70.2 Å². The molecular weight excluding hydrogens is 382 g/mol. The molecule has 1 saturated heterocycles. The van der Waals surface area contributed by atoms with Crippen molar-refractivity contribution < 1.29 is 9.53 Å². The van der Waals surface area contributed by atoms with Crippen molar-refractivity contribution in [1.29, 1.82) is 0 Å². The molecule has 4 rings (SSSR count). The number of nitrogens with one attached hydrogen (secondary N) is 1. The van der Waals surface area contributed by atoms with Gasteiger partial charge in [-0.25, -0.2) is 4.98 Å². The van der Waals surface area contributed by atoms with Crippen LogP contribution in [0, 0.1) is 12.8 Å². The second kappa shape index (κ2) is 8.66. The first-order valence-electron chi connectivity index (χ1n) is 9.87. The van der Waals surface area contributed by atoms with Crippen molar-refractivity contribution in [2.45, 2.75) is 26.9 Å². The molecule has 0 saturated carbocycles. The Bertz CT molecular complexity index is 984. The molecule has 1 aromatic heterocycles. The highest BCUT2D eigenvalue weighted by molar-refractivity contribution is 7.09. The summed E-state index contributed by atoms with van der Waals surface area (Å²) >= 11 is 1.60. The Hall–Kier alpha value is -2.86. The number of carbonyl (C=O) groups excluding carboxylic acids is 1. The standard InChI is InChI=1S/C23H25N3O2S/c1-16-10-11-26(13-16)21-8-6-19(7-9-21)25-23(27)18-4-3-5-22(12-18)28-14-20-15-29-17(2)24-20/h3-9,12,15-16H,10-11,13-14H2,1-2H3,(H,25,27). The number of carbonyl (C=O) groups is 1. The lowest BCUT2D eigenvalue weighted by molar-refractivity contribution is 0.102. The fourth-order valence-corrected chi connectivity index (χ4v) is 4.08. The fraction of sp³-hybridized carbons (Fsp3) is 0.304. The Kier molecular flexibility index (Phi) is 5.81. The summed E-state index contributed by atoms with van der Waals surface area (Å²) in [5.41, 5.74) is 3.46. The van der Waals surface area contributed by atoms with E-state index in [2.05, 4.69) is 34.3 Å². The SMILES string of the molecule is Cc1nc(COc2cccc(C(=O)Nc3ccc(N4CCC(C)C4)cc3)c2)cs1. The fourth-order valence-electron chi connectivity index (χ4n) is 3.49. The summed E-state index contributed by atoms with van der Waals surface area (Å²) < 4.78 is 5.79. The number of anilines is 2. The molecule has 3 aromatic rings. The molecule has 1 aliphatic rings. The van der Waals surface area contributed by atoms with E-state index < -0.39 is 0 Å². The number of aryl methyl sites for hydroxylation is 1. The van der Waals surface area contributed by atoms with Crippen molar-refractivity contribution in [1.82, 2.24) is 4.98 Å². The van der Waals surface area contributed by atoms with Crippen LogP contribution in [0.15, 0.2) is 53.9 Å². The summed E-state index contributed by atoms with van der Waals surface area (Å²) in [5, 5.41) is 5.97. The van der Waals surface area contributed by atoms with Gasteiger partial charge < -0.3 is 15.0 Å². The van der Waals surface area contributed by atoms with E-state index in [9.17, 15) is 4.79 Å². The van der Waals surface area contributed by atoms with Crippen LogP contribution in [0.1, 0.15) is 34.4 Å². The predicted molar refractivity (Wildman–Crippen MR) is 118 cm³/mol. The number of hydrogen-bond donors (Lipinski definition) is 1. The van der Waals surface area contributed by atoms with Crippen LogP contribution in [0.3, 0.4) is 0 Å². The third kappa shape index (κ3) is 4.95. The zero-order chi connectivity index (χ0) is 20.2. The molecular formula is C23H25N3O2S. The Morgan fingerprint density at radius 1 is 1.28 bits per heavy atom. The number of nitrogens with zero attached hydrogens (tertiary/aromatic N) is 2. The minimum Gasteiger partial charge on any atom is -0.487 e. The van der Waals surface area contributed by atoms with E-state index in [1.54, 1.807) is 23.5 Å². The number of benzene rings is 2. The van der Waals surface area contributed by atoms with E-state index in [1.807, 2.05) is 36.6 Å². The van der Waals surface area contributed by atoms with E-state index in [-0.39, 0.29) is 5.91 Å². The van der Waals surface area contributed by atoms with Gasteiger partial charge in [-0.3, -0.25) is 4.79 Å². The second-order valence-corrected chi connectivity index (χ2v) is 8.58. The third-order valence-electron chi connectivity index (χ3n) is 5.06. The van der Waals surface area contributed by atoms with Gasteiger partial charge in [-0.1, -0.05) is 13.0 Å². The molecule has 0 aliphatic carbocycles. The van der Waals surface area contributed by atoms with Gasteiger partial charge in [0, 0.05) is 35.4 Å². The van der Waals surface area contributed by atoms with Gasteiger partial charge in [-0.15, -0.1) is 11.3 Å². The van der Waals surface area contributed by atoms with Gasteiger partial charge in [0.15, 0.2) is 0 Å². The van der Waals surface area contributed by atoms with Crippen LogP contribution in [0.25, 0.3) is 0 Å². The Balaban J connectivity index is 1.36. The molecule has 6 heteroatoms. The zero-order valence-corrected chi connectivity index (χ0v) is 17.5. The van der Waals surface area contributed by atoms with Gasteiger partial charge in [0.05, 0.1) is 10.7 Å². The van der Waals surface area contributed by atoms with E-state index in [1.165, 1.54) is 12.1 Å². The van der Waals surface area contributed by atoms with Gasteiger partial charge in [0.25, 0.3) is 5.91 Å². The highest BCUT2D eigenvalue weighted by Crippen LogP contribution is 2.25. The van der Waals surface area contributed by atoms with Gasteiger partial charge in [-0.05, 0) is 61.7 Å². The number of hydrogen-bond acceptors (Lipinski definition) is 5. The Morgan fingerprint density at radius 3 is 2.79 bits per heavy atom. The minimum absolute atomic E-state index is 0.150. The molecule has 2 heterocycles. The van der Waals surface area contributed by atoms with Crippen LogP contribution in [0.4, 0.5) is 11.4 Å². The van der Waals surface area contributed by atoms with E-state index in [0.717, 1.165) is 35.4 Å². The first-order chi connectivity index (χ1) is 14.1. The van der Waals surface area contributed by atoms with Crippen LogP contribution in [-0.4, -0.2) is 24.0 Å². The summed E-state index contributed by atoms with van der Waals surface area (Å²) in [6, 6.07) is 15.3. The van der Waals surface area contributed by atoms with Gasteiger partial charge in [0.2, 0.25) is 0 Å². The highest BCUT2D eigenvalue weighted by atomic mass is 32.1. The van der Waals surface area contributed by atoms with Crippen LogP contribution in [0.2, 0.25) is 0 Å². The van der Waals surface area contributed by atoms with Crippen molar-refractivity contribution in [2.24, 2.45) is 5.92 Å². The lowest BCUT2D eigenvalue weighted by atomic mass is 10.2. The second-order valence-electron chi connectivity index (χ2n) is 7.52. The largest absolute Gasteiger partial charge is 0.487 e. The summed E-state index contributed by atoms with van der Waals surface area (Å²) in [6.07, 6.45) is 1.24. The molecule has 150 valence electrons. The maximum atomic E-state index is 12.6. The molecule has 1 N–H and O–H groups in total. The Morgan fingerprint density at radius 2 is 2.10 bits per heavy atom. The molecule has 0 spiro atoms. The van der Waals surface area contributed by atoms with Crippen molar-refractivity contribution in [2.75, 3.05) is 23.3 Å². The molecule has 5 nitrogen and oxygen atoms in total. The summed E-state index contributed by atoms with van der Waals surface area (Å²) in [7, 11) is 0. The van der Waals surface area contributed by atoms with Gasteiger partial charge in [-0.2, -0.15) is 0 Å². The topological polar surface area (TPSA) is 54.5 Å². The normalized spacial score (nSPS) is 16.1. The number of thiazole rings is 1. The maximum Gasteiger partial charge on any atom is 0.255 e. The Labute approximate surface area is 175 Å². The van der Waals surface area contributed by atoms with Crippen LogP contribution in [-0.2, 0) is 6.61 Å². The zero-order valence-electron chi connectivity index (χ0n) is 16.7. The molecule has 1 aliphatic heterocycles. The van der Waals surface area contributed by atoms with Crippen LogP contribution < -0.4 is 15.0 Å². The molecule has 1 atom stereocenters. The molecule has 1 unspecified atom stereocenters. The van der Waals surface area contributed by atoms with Crippen molar-refractivity contribution in [3.63, 3.8) is 0 Å². The molecule has 29 heavy (non-hydrogen) atoms. The summed E-state index contributed by atoms with van der Waals surface area (Å²) in [5.74, 6) is 1.24. The average molecular weight is 408 g/mol. The van der Waals surface area contributed by atoms with Crippen molar-refractivity contribution in [3.8, 4) is 5.75 Å². The number of rotatable bonds is 6. The molecule has 0 radical (unpaired) electrons. The number of aromatic nitrogens is 1. The molecule has 1 amide bonds. The summed E-state index contributed by atoms with van der Waals surface area (Å²) in [6.45, 7) is 6.84. The molecule has 2 aromatic carbocycles. The number of ether oxygens (including phenoxy) is 1. The first kappa shape index (κ1) is 19.5. The van der Waals surface area contributed by atoms with Gasteiger partial charge in [0.1, 0.15) is 12.4 Å². The lowest BCUT2D eigenvalue weighted by Gasteiger charge is -2.18. The first-order valence-corrected chi connectivity index (χ1v) is 10.7. The third-order valence-corrected chi connectivity index (χ3v) is 5.89. The van der Waals surface area contributed by atoms with E-state index in [0.29, 0.717) is 17.9 Å². The number of amides is 1. The minimum atomic E-state index is -0.150. The van der Waals surface area contributed by atoms with Crippen LogP contribution >= 0.6 is 11.3 Å². The predicted octanol–water partition coefficient (Wildman–Crippen LogP) is 5.13. The smallest absolute Gasteiger partial charge is 0.255 e. The summed E-state index contributed by atoms with van der Waals surface area (Å²) in [4.78, 5) is 19.4. The van der Waals surface area contributed by atoms with Crippen molar-refractivity contribution >= 4 is 28.6 Å². The molecule has 1 fully saturated rings. The van der Waals surface area contributed by atoms with Gasteiger partial charge >= 0.3 is 0 Å².